The summed E-state index contributed by atoms with van der Waals surface area (Å²) in [5, 5.41) is 2.85. The van der Waals surface area contributed by atoms with E-state index < -0.39 is 25.8 Å². The van der Waals surface area contributed by atoms with E-state index in [1.165, 1.54) is 12.1 Å². The minimum Gasteiger partial charge on any atom is -0.348 e. The molecule has 9 heteroatoms. The fraction of sp³-hybridized carbons (Fsp3) is 0.409. The molecule has 2 aromatic carbocycles. The first kappa shape index (κ1) is 24.9. The molecule has 2 aromatic rings. The lowest BCUT2D eigenvalue weighted by atomic mass is 10.0. The largest absolute Gasteiger partial charge is 0.348 e. The number of anilines is 1. The van der Waals surface area contributed by atoms with Crippen molar-refractivity contribution in [3.8, 4) is 0 Å². The predicted molar refractivity (Wildman–Crippen MR) is 123 cm³/mol. The minimum absolute atomic E-state index is 0.200. The van der Waals surface area contributed by atoms with E-state index >= 15 is 0 Å². The molecule has 0 saturated heterocycles. The van der Waals surface area contributed by atoms with Crippen molar-refractivity contribution >= 4 is 31.5 Å². The van der Waals surface area contributed by atoms with Crippen molar-refractivity contribution in [2.75, 3.05) is 23.4 Å². The number of sulfonamides is 1. The number of sulfone groups is 1. The molecule has 0 aromatic heterocycles. The van der Waals surface area contributed by atoms with Gasteiger partial charge < -0.3 is 5.32 Å². The van der Waals surface area contributed by atoms with Crippen LogP contribution < -0.4 is 9.62 Å². The lowest BCUT2D eigenvalue weighted by molar-refractivity contribution is -0.120. The van der Waals surface area contributed by atoms with Crippen LogP contribution in [0, 0.1) is 0 Å². The lowest BCUT2D eigenvalue weighted by Crippen LogP contribution is -2.41. The number of carbonyl (C=O) groups excluding carboxylic acids is 1. The molecule has 1 amide bonds. The summed E-state index contributed by atoms with van der Waals surface area (Å²) in [6, 6.07) is 13.1. The molecule has 1 atom stereocenters. The molecule has 1 unspecified atom stereocenters. The van der Waals surface area contributed by atoms with Crippen LogP contribution in [0.4, 0.5) is 5.69 Å². The van der Waals surface area contributed by atoms with Gasteiger partial charge in [-0.3, -0.25) is 9.10 Å². The number of rotatable bonds is 9. The van der Waals surface area contributed by atoms with Gasteiger partial charge in [0.15, 0.2) is 9.84 Å². The quantitative estimate of drug-likeness (QED) is 0.611. The Balaban J connectivity index is 2.19. The van der Waals surface area contributed by atoms with Crippen LogP contribution in [0.5, 0.6) is 0 Å². The Labute approximate surface area is 185 Å². The summed E-state index contributed by atoms with van der Waals surface area (Å²) >= 11 is 0. The van der Waals surface area contributed by atoms with Gasteiger partial charge in [-0.15, -0.1) is 0 Å². The van der Waals surface area contributed by atoms with E-state index in [1.807, 2.05) is 32.9 Å². The first-order chi connectivity index (χ1) is 14.3. The second-order valence-electron chi connectivity index (χ2n) is 7.89. The van der Waals surface area contributed by atoms with Crippen LogP contribution in [-0.2, 0) is 24.7 Å². The topological polar surface area (TPSA) is 101 Å². The molecule has 7 nitrogen and oxygen atoms in total. The van der Waals surface area contributed by atoms with E-state index in [2.05, 4.69) is 5.32 Å². The number of hydrogen-bond donors (Lipinski definition) is 1. The molecular formula is C22H30N2O5S2. The number of nitrogens with one attached hydrogen (secondary N) is 1. The Kier molecular flexibility index (Phi) is 7.88. The summed E-state index contributed by atoms with van der Waals surface area (Å²) in [6.07, 6.45) is 2.76. The van der Waals surface area contributed by atoms with E-state index in [1.54, 1.807) is 24.3 Å². The van der Waals surface area contributed by atoms with E-state index in [4.69, 9.17) is 0 Å². The van der Waals surface area contributed by atoms with Crippen molar-refractivity contribution in [1.82, 2.24) is 5.32 Å². The molecule has 0 aliphatic rings. The third kappa shape index (κ3) is 6.80. The predicted octanol–water partition coefficient (Wildman–Crippen LogP) is 3.25. The molecule has 170 valence electrons. The van der Waals surface area contributed by atoms with Crippen molar-refractivity contribution < 1.29 is 21.6 Å². The number of nitrogens with zero attached hydrogens (tertiary/aromatic N) is 1. The summed E-state index contributed by atoms with van der Waals surface area (Å²) in [6.45, 7) is 5.63. The first-order valence-electron chi connectivity index (χ1n) is 10.00. The van der Waals surface area contributed by atoms with Crippen molar-refractivity contribution in [3.05, 3.63) is 59.7 Å². The molecule has 31 heavy (non-hydrogen) atoms. The van der Waals surface area contributed by atoms with E-state index in [0.29, 0.717) is 18.0 Å². The molecule has 1 N–H and O–H groups in total. The van der Waals surface area contributed by atoms with Crippen molar-refractivity contribution in [3.63, 3.8) is 0 Å². The molecule has 0 saturated carbocycles. The number of benzene rings is 2. The second-order valence-corrected chi connectivity index (χ2v) is 11.8. The summed E-state index contributed by atoms with van der Waals surface area (Å²) in [4.78, 5) is 12.9. The van der Waals surface area contributed by atoms with Gasteiger partial charge in [0.25, 0.3) is 0 Å². The highest BCUT2D eigenvalue weighted by Crippen LogP contribution is 2.23. The van der Waals surface area contributed by atoms with Gasteiger partial charge >= 0.3 is 0 Å². The Morgan fingerprint density at radius 2 is 1.42 bits per heavy atom. The van der Waals surface area contributed by atoms with Crippen molar-refractivity contribution in [2.45, 2.75) is 44.0 Å². The van der Waals surface area contributed by atoms with E-state index in [0.717, 1.165) is 27.9 Å². The van der Waals surface area contributed by atoms with E-state index in [9.17, 15) is 21.6 Å². The Bertz CT molecular complexity index is 1110. The summed E-state index contributed by atoms with van der Waals surface area (Å²) < 4.78 is 49.0. The zero-order valence-electron chi connectivity index (χ0n) is 18.5. The maximum atomic E-state index is 12.7. The van der Waals surface area contributed by atoms with Crippen LogP contribution in [0.1, 0.15) is 50.3 Å². The zero-order chi connectivity index (χ0) is 23.4. The molecule has 0 heterocycles. The third-order valence-electron chi connectivity index (χ3n) is 4.99. The monoisotopic (exact) mass is 466 g/mol. The maximum absolute atomic E-state index is 12.7. The zero-order valence-corrected chi connectivity index (χ0v) is 20.1. The maximum Gasteiger partial charge on any atom is 0.241 e. The summed E-state index contributed by atoms with van der Waals surface area (Å²) in [7, 11) is -6.98. The second kappa shape index (κ2) is 9.82. The summed E-state index contributed by atoms with van der Waals surface area (Å²) in [5.41, 5.74) is 2.24. The van der Waals surface area contributed by atoms with Gasteiger partial charge in [-0.05, 0) is 47.7 Å². The average Bonchev–Trinajstić information content (AvgIpc) is 2.69. The van der Waals surface area contributed by atoms with Crippen LogP contribution in [0.2, 0.25) is 0 Å². The molecule has 0 radical (unpaired) electrons. The average molecular weight is 467 g/mol. The normalized spacial score (nSPS) is 13.1. The molecule has 0 fully saturated rings. The first-order valence-corrected chi connectivity index (χ1v) is 13.7. The van der Waals surface area contributed by atoms with Gasteiger partial charge in [0.2, 0.25) is 15.9 Å². The van der Waals surface area contributed by atoms with Gasteiger partial charge in [0.05, 0.1) is 22.9 Å². The fourth-order valence-electron chi connectivity index (χ4n) is 3.16. The van der Waals surface area contributed by atoms with Crippen LogP contribution in [-0.4, -0.2) is 41.8 Å². The fourth-order valence-corrected chi connectivity index (χ4v) is 4.65. The van der Waals surface area contributed by atoms with Gasteiger partial charge in [-0.25, -0.2) is 16.8 Å². The Morgan fingerprint density at radius 1 is 0.903 bits per heavy atom. The molecular weight excluding hydrogens is 436 g/mol. The van der Waals surface area contributed by atoms with Crippen LogP contribution >= 0.6 is 0 Å². The highest BCUT2D eigenvalue weighted by atomic mass is 32.2. The number of carbonyl (C=O) groups is 1. The van der Waals surface area contributed by atoms with Gasteiger partial charge in [0, 0.05) is 6.26 Å². The molecule has 0 bridgehead atoms. The minimum atomic E-state index is -3.67. The van der Waals surface area contributed by atoms with Crippen molar-refractivity contribution in [2.24, 2.45) is 0 Å². The smallest absolute Gasteiger partial charge is 0.241 e. The van der Waals surface area contributed by atoms with E-state index in [-0.39, 0.29) is 17.5 Å². The summed E-state index contributed by atoms with van der Waals surface area (Å²) in [5.74, 6) is -0.138. The van der Waals surface area contributed by atoms with Gasteiger partial charge in [-0.1, -0.05) is 45.0 Å². The standard InChI is InChI=1S/C22H30N2O5S2/c1-6-21(18-9-13-20(14-10-18)30(4,26)27)23-22(25)15-24(31(5,28)29)19-11-7-17(8-12-19)16(2)3/h7-14,16,21H,6,15H2,1-5H3,(H,23,25). The lowest BCUT2D eigenvalue weighted by Gasteiger charge is -2.24. The number of amides is 1. The van der Waals surface area contributed by atoms with Crippen LogP contribution in [0.15, 0.2) is 53.4 Å². The highest BCUT2D eigenvalue weighted by Gasteiger charge is 2.23. The number of hydrogen-bond acceptors (Lipinski definition) is 5. The molecule has 0 aliphatic heterocycles. The third-order valence-corrected chi connectivity index (χ3v) is 7.26. The molecule has 0 spiro atoms. The Morgan fingerprint density at radius 3 is 1.84 bits per heavy atom. The van der Waals surface area contributed by atoms with Crippen LogP contribution in [0.3, 0.4) is 0 Å². The molecule has 0 aliphatic carbocycles. The van der Waals surface area contributed by atoms with Gasteiger partial charge in [-0.2, -0.15) is 0 Å². The van der Waals surface area contributed by atoms with Gasteiger partial charge in [0.1, 0.15) is 6.54 Å². The van der Waals surface area contributed by atoms with Crippen LogP contribution in [0.25, 0.3) is 0 Å². The Hall–Kier alpha value is -2.39. The molecule has 2 rings (SSSR count). The SMILES string of the molecule is CCC(NC(=O)CN(c1ccc(C(C)C)cc1)S(C)(=O)=O)c1ccc(S(C)(=O)=O)cc1. The highest BCUT2D eigenvalue weighted by molar-refractivity contribution is 7.92. The van der Waals surface area contributed by atoms with Crippen molar-refractivity contribution in [1.29, 1.82) is 0 Å².